The van der Waals surface area contributed by atoms with E-state index < -0.39 is 17.4 Å². The number of hydrogen-bond donors (Lipinski definition) is 0. The number of carbonyl (C=O) groups is 2. The highest BCUT2D eigenvalue weighted by Gasteiger charge is 2.46. The third-order valence-corrected chi connectivity index (χ3v) is 2.60. The Kier molecular flexibility index (Phi) is 6.46. The summed E-state index contributed by atoms with van der Waals surface area (Å²) in [6.45, 7) is 5.50. The van der Waals surface area contributed by atoms with Crippen LogP contribution in [0, 0.1) is 5.41 Å². The SMILES string of the molecule is C=CCCC(CCC)(C(=O)OC)C(=O)OC. The van der Waals surface area contributed by atoms with Crippen molar-refractivity contribution < 1.29 is 19.1 Å². The van der Waals surface area contributed by atoms with E-state index in [1.54, 1.807) is 6.08 Å². The van der Waals surface area contributed by atoms with E-state index in [1.807, 2.05) is 6.92 Å². The van der Waals surface area contributed by atoms with Gasteiger partial charge in [0.15, 0.2) is 5.41 Å². The highest BCUT2D eigenvalue weighted by atomic mass is 16.5. The van der Waals surface area contributed by atoms with E-state index in [2.05, 4.69) is 6.58 Å². The Morgan fingerprint density at radius 1 is 1.19 bits per heavy atom. The van der Waals surface area contributed by atoms with Crippen LogP contribution in [0.25, 0.3) is 0 Å². The van der Waals surface area contributed by atoms with Crippen LogP contribution >= 0.6 is 0 Å². The standard InChI is InChI=1S/C12H20O4/c1-5-7-9-12(8-6-2,10(13)15-3)11(14)16-4/h5H,1,6-9H2,2-4H3. The fourth-order valence-electron chi connectivity index (χ4n) is 1.78. The third kappa shape index (κ3) is 3.08. The number of allylic oxidation sites excluding steroid dienone is 1. The molecule has 0 atom stereocenters. The molecular formula is C12H20O4. The van der Waals surface area contributed by atoms with Crippen molar-refractivity contribution in [3.05, 3.63) is 12.7 Å². The van der Waals surface area contributed by atoms with E-state index in [1.165, 1.54) is 14.2 Å². The Balaban J connectivity index is 5.10. The molecule has 0 unspecified atom stereocenters. The molecule has 0 fully saturated rings. The first-order chi connectivity index (χ1) is 7.58. The number of rotatable bonds is 7. The summed E-state index contributed by atoms with van der Waals surface area (Å²) in [7, 11) is 2.56. The normalized spacial score (nSPS) is 10.7. The molecule has 0 saturated carbocycles. The zero-order valence-electron chi connectivity index (χ0n) is 10.2. The summed E-state index contributed by atoms with van der Waals surface area (Å²) in [5.41, 5.74) is -1.17. The number of methoxy groups -OCH3 is 2. The lowest BCUT2D eigenvalue weighted by molar-refractivity contribution is -0.170. The van der Waals surface area contributed by atoms with Gasteiger partial charge in [-0.1, -0.05) is 19.4 Å². The molecule has 0 radical (unpaired) electrons. The van der Waals surface area contributed by atoms with Crippen molar-refractivity contribution in [2.75, 3.05) is 14.2 Å². The van der Waals surface area contributed by atoms with Crippen LogP contribution in [0.15, 0.2) is 12.7 Å². The highest BCUT2D eigenvalue weighted by Crippen LogP contribution is 2.33. The molecule has 0 aromatic heterocycles. The summed E-state index contributed by atoms with van der Waals surface area (Å²) in [6.07, 6.45) is 3.77. The van der Waals surface area contributed by atoms with Gasteiger partial charge in [-0.15, -0.1) is 6.58 Å². The molecule has 92 valence electrons. The van der Waals surface area contributed by atoms with Crippen molar-refractivity contribution in [2.45, 2.75) is 32.6 Å². The Morgan fingerprint density at radius 2 is 1.69 bits per heavy atom. The molecule has 0 saturated heterocycles. The minimum absolute atomic E-state index is 0.379. The van der Waals surface area contributed by atoms with Crippen molar-refractivity contribution >= 4 is 11.9 Å². The van der Waals surface area contributed by atoms with Crippen LogP contribution in [0.2, 0.25) is 0 Å². The molecular weight excluding hydrogens is 208 g/mol. The van der Waals surface area contributed by atoms with Crippen molar-refractivity contribution in [1.29, 1.82) is 0 Å². The molecule has 16 heavy (non-hydrogen) atoms. The largest absolute Gasteiger partial charge is 0.468 e. The maximum atomic E-state index is 11.8. The molecule has 0 aromatic rings. The quantitative estimate of drug-likeness (QED) is 0.380. The topological polar surface area (TPSA) is 52.6 Å². The average molecular weight is 228 g/mol. The van der Waals surface area contributed by atoms with Crippen LogP contribution in [0.4, 0.5) is 0 Å². The van der Waals surface area contributed by atoms with Gasteiger partial charge in [0.25, 0.3) is 0 Å². The predicted molar refractivity (Wildman–Crippen MR) is 60.8 cm³/mol. The maximum absolute atomic E-state index is 11.8. The Bertz CT molecular complexity index is 242. The number of carbonyl (C=O) groups excluding carboxylic acids is 2. The van der Waals surface area contributed by atoms with E-state index >= 15 is 0 Å². The van der Waals surface area contributed by atoms with Gasteiger partial charge in [-0.2, -0.15) is 0 Å². The van der Waals surface area contributed by atoms with Gasteiger partial charge in [0.1, 0.15) is 0 Å². The number of hydrogen-bond acceptors (Lipinski definition) is 4. The van der Waals surface area contributed by atoms with Crippen LogP contribution in [-0.2, 0) is 19.1 Å². The first-order valence-electron chi connectivity index (χ1n) is 5.36. The second-order valence-electron chi connectivity index (χ2n) is 3.64. The van der Waals surface area contributed by atoms with Gasteiger partial charge in [0.2, 0.25) is 0 Å². The lowest BCUT2D eigenvalue weighted by Gasteiger charge is -2.27. The minimum atomic E-state index is -1.17. The summed E-state index contributed by atoms with van der Waals surface area (Å²) >= 11 is 0. The molecule has 0 amide bonds. The summed E-state index contributed by atoms with van der Waals surface area (Å²) in [4.78, 5) is 23.5. The Hall–Kier alpha value is -1.32. The Labute approximate surface area is 96.6 Å². The zero-order valence-corrected chi connectivity index (χ0v) is 10.2. The van der Waals surface area contributed by atoms with Crippen molar-refractivity contribution in [3.8, 4) is 0 Å². The zero-order chi connectivity index (χ0) is 12.6. The molecule has 0 rings (SSSR count). The van der Waals surface area contributed by atoms with Crippen LogP contribution < -0.4 is 0 Å². The number of ether oxygens (including phenoxy) is 2. The van der Waals surface area contributed by atoms with Crippen LogP contribution in [0.5, 0.6) is 0 Å². The molecule has 0 aromatic carbocycles. The van der Waals surface area contributed by atoms with Gasteiger partial charge in [-0.25, -0.2) is 0 Å². The molecule has 0 aliphatic rings. The second kappa shape index (κ2) is 7.04. The molecule has 0 bridgehead atoms. The van der Waals surface area contributed by atoms with Gasteiger partial charge >= 0.3 is 11.9 Å². The molecule has 4 heteroatoms. The van der Waals surface area contributed by atoms with E-state index in [0.717, 1.165) is 0 Å². The molecule has 0 aliphatic carbocycles. The highest BCUT2D eigenvalue weighted by molar-refractivity contribution is 5.99. The van der Waals surface area contributed by atoms with Crippen LogP contribution in [0.1, 0.15) is 32.6 Å². The van der Waals surface area contributed by atoms with E-state index in [4.69, 9.17) is 9.47 Å². The van der Waals surface area contributed by atoms with Crippen LogP contribution in [0.3, 0.4) is 0 Å². The molecule has 0 spiro atoms. The fourth-order valence-corrected chi connectivity index (χ4v) is 1.78. The molecule has 4 nitrogen and oxygen atoms in total. The van der Waals surface area contributed by atoms with Gasteiger partial charge in [-0.05, 0) is 19.3 Å². The third-order valence-electron chi connectivity index (χ3n) is 2.60. The summed E-state index contributed by atoms with van der Waals surface area (Å²) in [6, 6.07) is 0. The van der Waals surface area contributed by atoms with Crippen LogP contribution in [-0.4, -0.2) is 26.2 Å². The van der Waals surface area contributed by atoms with Crippen molar-refractivity contribution in [2.24, 2.45) is 5.41 Å². The first kappa shape index (κ1) is 14.7. The van der Waals surface area contributed by atoms with E-state index in [-0.39, 0.29) is 0 Å². The van der Waals surface area contributed by atoms with Crippen molar-refractivity contribution in [3.63, 3.8) is 0 Å². The predicted octanol–water partition coefficient (Wildman–Crippen LogP) is 2.09. The van der Waals surface area contributed by atoms with Crippen molar-refractivity contribution in [1.82, 2.24) is 0 Å². The lowest BCUT2D eigenvalue weighted by Crippen LogP contribution is -2.41. The average Bonchev–Trinajstić information content (AvgIpc) is 2.32. The molecule has 0 N–H and O–H groups in total. The fraction of sp³-hybridized carbons (Fsp3) is 0.667. The number of esters is 2. The van der Waals surface area contributed by atoms with E-state index in [9.17, 15) is 9.59 Å². The lowest BCUT2D eigenvalue weighted by atomic mass is 9.79. The summed E-state index contributed by atoms with van der Waals surface area (Å²) in [5.74, 6) is -1.05. The van der Waals surface area contributed by atoms with Gasteiger partial charge in [0, 0.05) is 0 Å². The first-order valence-corrected chi connectivity index (χ1v) is 5.36. The monoisotopic (exact) mass is 228 g/mol. The Morgan fingerprint density at radius 3 is 2.00 bits per heavy atom. The minimum Gasteiger partial charge on any atom is -0.468 e. The molecule has 0 heterocycles. The van der Waals surface area contributed by atoms with Gasteiger partial charge in [-0.3, -0.25) is 9.59 Å². The summed E-state index contributed by atoms with van der Waals surface area (Å²) < 4.78 is 9.43. The van der Waals surface area contributed by atoms with Gasteiger partial charge in [0.05, 0.1) is 14.2 Å². The van der Waals surface area contributed by atoms with E-state index in [0.29, 0.717) is 25.7 Å². The smallest absolute Gasteiger partial charge is 0.323 e. The maximum Gasteiger partial charge on any atom is 0.323 e. The second-order valence-corrected chi connectivity index (χ2v) is 3.64. The van der Waals surface area contributed by atoms with Gasteiger partial charge < -0.3 is 9.47 Å². The summed E-state index contributed by atoms with van der Waals surface area (Å²) in [5, 5.41) is 0. The molecule has 0 aliphatic heterocycles.